The molecule has 212 valence electrons. The number of hydrogen-bond donors (Lipinski definition) is 1. The molecule has 4 aliphatic rings. The summed E-state index contributed by atoms with van der Waals surface area (Å²) in [5.41, 5.74) is 2.73. The van der Waals surface area contributed by atoms with Gasteiger partial charge in [-0.25, -0.2) is 9.78 Å². The maximum absolute atomic E-state index is 13.1. The Bertz CT molecular complexity index is 1330. The van der Waals surface area contributed by atoms with Crippen molar-refractivity contribution in [1.29, 1.82) is 5.26 Å². The van der Waals surface area contributed by atoms with Crippen LogP contribution in [0.3, 0.4) is 0 Å². The Morgan fingerprint density at radius 3 is 2.55 bits per heavy atom. The number of aromatic nitrogens is 1. The number of anilines is 2. The molecule has 1 N–H and O–H groups in total. The number of benzene rings is 1. The van der Waals surface area contributed by atoms with Crippen molar-refractivity contribution < 1.29 is 23.7 Å². The minimum atomic E-state index is -0.604. The first-order valence-electron chi connectivity index (χ1n) is 14.1. The summed E-state index contributed by atoms with van der Waals surface area (Å²) < 4.78 is 25.0. The molecule has 40 heavy (non-hydrogen) atoms. The number of halogens is 1. The normalized spacial score (nSPS) is 25.8. The fourth-order valence-electron chi connectivity index (χ4n) is 6.24. The first-order chi connectivity index (χ1) is 19.2. The Morgan fingerprint density at radius 2 is 1.95 bits per heavy atom. The lowest BCUT2D eigenvalue weighted by atomic mass is 9.72. The molecule has 4 fully saturated rings. The highest BCUT2D eigenvalue weighted by molar-refractivity contribution is 6.33. The van der Waals surface area contributed by atoms with Gasteiger partial charge in [-0.2, -0.15) is 5.26 Å². The summed E-state index contributed by atoms with van der Waals surface area (Å²) in [5, 5.41) is 12.9. The van der Waals surface area contributed by atoms with Gasteiger partial charge < -0.3 is 29.2 Å². The molecule has 2 saturated heterocycles. The van der Waals surface area contributed by atoms with Gasteiger partial charge in [0.05, 0.1) is 35.6 Å². The topological polar surface area (TPSA) is 106 Å². The van der Waals surface area contributed by atoms with Gasteiger partial charge in [0.2, 0.25) is 0 Å². The molecule has 0 radical (unpaired) electrons. The minimum absolute atomic E-state index is 0.0202. The quantitative estimate of drug-likeness (QED) is 0.471. The second-order valence-corrected chi connectivity index (χ2v) is 12.1. The molecule has 2 unspecified atom stereocenters. The minimum Gasteiger partial charge on any atom is -0.489 e. The van der Waals surface area contributed by atoms with Crippen LogP contribution in [0.25, 0.3) is 0 Å². The molecular formula is C30H35ClN4O5. The Morgan fingerprint density at radius 1 is 1.25 bits per heavy atom. The number of fused-ring (bicyclic) bond motifs is 2. The lowest BCUT2D eigenvalue weighted by Crippen LogP contribution is -2.61. The Balaban J connectivity index is 1.26. The van der Waals surface area contributed by atoms with Gasteiger partial charge in [-0.1, -0.05) is 18.5 Å². The van der Waals surface area contributed by atoms with Crippen LogP contribution in [0.15, 0.2) is 24.4 Å². The van der Waals surface area contributed by atoms with Gasteiger partial charge in [0.15, 0.2) is 5.79 Å². The van der Waals surface area contributed by atoms with Gasteiger partial charge in [0.25, 0.3) is 0 Å². The van der Waals surface area contributed by atoms with E-state index in [4.69, 9.17) is 35.8 Å². The largest absolute Gasteiger partial charge is 0.489 e. The Kier molecular flexibility index (Phi) is 7.06. The van der Waals surface area contributed by atoms with Gasteiger partial charge in [0.1, 0.15) is 23.3 Å². The zero-order valence-corrected chi connectivity index (χ0v) is 23.9. The van der Waals surface area contributed by atoms with Gasteiger partial charge in [-0.15, -0.1) is 0 Å². The number of nitriles is 1. The molecule has 1 aromatic heterocycles. The zero-order valence-electron chi connectivity index (χ0n) is 23.2. The van der Waals surface area contributed by atoms with Crippen LogP contribution >= 0.6 is 11.6 Å². The number of piperidine rings is 1. The molecule has 2 saturated carbocycles. The molecular weight excluding hydrogens is 532 g/mol. The van der Waals surface area contributed by atoms with Crippen LogP contribution in [0, 0.1) is 30.1 Å². The van der Waals surface area contributed by atoms with E-state index in [2.05, 4.69) is 23.3 Å². The van der Waals surface area contributed by atoms with E-state index in [1.54, 1.807) is 18.2 Å². The number of nitrogens with zero attached hydrogens (tertiary/aromatic N) is 3. The first kappa shape index (κ1) is 27.1. The van der Waals surface area contributed by atoms with Crippen LogP contribution in [0.2, 0.25) is 5.02 Å². The van der Waals surface area contributed by atoms with Crippen LogP contribution in [-0.2, 0) is 20.6 Å². The van der Waals surface area contributed by atoms with Gasteiger partial charge in [-0.05, 0) is 51.3 Å². The maximum Gasteiger partial charge on any atom is 0.410 e. The fraction of sp³-hybridized carbons (Fsp3) is 0.567. The lowest BCUT2D eigenvalue weighted by Gasteiger charge is -2.51. The Labute approximate surface area is 239 Å². The third-order valence-electron chi connectivity index (χ3n) is 8.67. The van der Waals surface area contributed by atoms with E-state index in [1.807, 2.05) is 24.9 Å². The molecule has 3 heterocycles. The van der Waals surface area contributed by atoms with Crippen LogP contribution in [-0.4, -0.2) is 59.8 Å². The molecule has 6 rings (SSSR count). The van der Waals surface area contributed by atoms with E-state index >= 15 is 0 Å². The fourth-order valence-corrected chi connectivity index (χ4v) is 6.47. The van der Waals surface area contributed by atoms with Crippen molar-refractivity contribution in [1.82, 2.24) is 9.88 Å². The molecule has 2 atom stereocenters. The van der Waals surface area contributed by atoms with E-state index in [-0.39, 0.29) is 29.6 Å². The lowest BCUT2D eigenvalue weighted by molar-refractivity contribution is -0.226. The number of rotatable bonds is 6. The van der Waals surface area contributed by atoms with Crippen molar-refractivity contribution in [3.8, 4) is 11.8 Å². The number of ether oxygens (including phenoxy) is 4. The van der Waals surface area contributed by atoms with E-state index < -0.39 is 5.79 Å². The maximum atomic E-state index is 13.1. The SMILES string of the molecule is CCc1cnc(Nc2ccc(C#N)cc2Cl)c(C)c1OC1C2CN(C(=O)OC3(C)CC3)CC1CC1(C2)OCCO1. The van der Waals surface area contributed by atoms with E-state index in [0.717, 1.165) is 36.1 Å². The second-order valence-electron chi connectivity index (χ2n) is 11.7. The van der Waals surface area contributed by atoms with Gasteiger partial charge >= 0.3 is 6.09 Å². The highest BCUT2D eigenvalue weighted by Crippen LogP contribution is 2.48. The van der Waals surface area contributed by atoms with Gasteiger partial charge in [-0.3, -0.25) is 0 Å². The van der Waals surface area contributed by atoms with E-state index in [1.165, 1.54) is 0 Å². The standard InChI is InChI=1S/C30H35ClN4O5/c1-4-20-15-33-27(34-24-6-5-19(14-32)11-23(24)31)18(2)25(20)39-26-21-12-30(37-9-10-38-30)13-22(26)17-35(16-21)28(36)40-29(3)7-8-29/h5-6,11,15,21-22,26H,4,7-10,12-13,16-17H2,1-3H3,(H,33,34). The third-order valence-corrected chi connectivity index (χ3v) is 8.98. The van der Waals surface area contributed by atoms with Crippen LogP contribution in [0.4, 0.5) is 16.3 Å². The highest BCUT2D eigenvalue weighted by Gasteiger charge is 2.55. The summed E-state index contributed by atoms with van der Waals surface area (Å²) in [7, 11) is 0. The first-order valence-corrected chi connectivity index (χ1v) is 14.5. The number of amides is 1. The molecule has 1 spiro atoms. The van der Waals surface area contributed by atoms with Crippen molar-refractivity contribution in [2.75, 3.05) is 31.6 Å². The van der Waals surface area contributed by atoms with Crippen LogP contribution in [0.5, 0.6) is 5.75 Å². The second kappa shape index (κ2) is 10.4. The molecule has 2 aliphatic carbocycles. The smallest absolute Gasteiger partial charge is 0.410 e. The van der Waals surface area contributed by atoms with Crippen molar-refractivity contribution in [2.45, 2.75) is 70.4 Å². The number of pyridine rings is 1. The highest BCUT2D eigenvalue weighted by atomic mass is 35.5. The number of carbonyl (C=O) groups is 1. The average Bonchev–Trinajstić information content (AvgIpc) is 3.48. The predicted molar refractivity (Wildman–Crippen MR) is 149 cm³/mol. The molecule has 2 bridgehead atoms. The van der Waals surface area contributed by atoms with Crippen LogP contribution < -0.4 is 10.1 Å². The molecule has 2 aromatic rings. The molecule has 1 aromatic carbocycles. The number of carbonyl (C=O) groups excluding carboxylic acids is 1. The summed E-state index contributed by atoms with van der Waals surface area (Å²) in [6.45, 7) is 8.30. The number of likely N-dealkylation sites (tertiary alicyclic amines) is 1. The monoisotopic (exact) mass is 566 g/mol. The van der Waals surface area contributed by atoms with E-state index in [9.17, 15) is 4.79 Å². The van der Waals surface area contributed by atoms with Crippen molar-refractivity contribution in [3.05, 3.63) is 46.1 Å². The average molecular weight is 567 g/mol. The number of hydrogen-bond acceptors (Lipinski definition) is 8. The summed E-state index contributed by atoms with van der Waals surface area (Å²) in [4.78, 5) is 19.6. The zero-order chi connectivity index (χ0) is 28.1. The Hall–Kier alpha value is -3.06. The van der Waals surface area contributed by atoms with Gasteiger partial charge in [0, 0.05) is 55.1 Å². The summed E-state index contributed by atoms with van der Waals surface area (Å²) >= 11 is 6.43. The van der Waals surface area contributed by atoms with Crippen molar-refractivity contribution in [2.24, 2.45) is 11.8 Å². The summed E-state index contributed by atoms with van der Waals surface area (Å²) in [5.74, 6) is 0.879. The molecule has 2 aliphatic heterocycles. The summed E-state index contributed by atoms with van der Waals surface area (Å²) in [6.07, 6.45) is 5.40. The summed E-state index contributed by atoms with van der Waals surface area (Å²) in [6, 6.07) is 7.22. The van der Waals surface area contributed by atoms with Crippen molar-refractivity contribution >= 4 is 29.2 Å². The molecule has 10 heteroatoms. The molecule has 9 nitrogen and oxygen atoms in total. The molecule has 1 amide bonds. The number of aryl methyl sites for hydroxylation is 1. The third kappa shape index (κ3) is 5.20. The predicted octanol–water partition coefficient (Wildman–Crippen LogP) is 5.74. The van der Waals surface area contributed by atoms with E-state index in [0.29, 0.717) is 61.2 Å². The number of nitrogens with one attached hydrogen (secondary N) is 1. The van der Waals surface area contributed by atoms with Crippen LogP contribution in [0.1, 0.15) is 56.2 Å². The van der Waals surface area contributed by atoms with Crippen molar-refractivity contribution in [3.63, 3.8) is 0 Å².